The molecule has 0 unspecified atom stereocenters. The highest BCUT2D eigenvalue weighted by Gasteiger charge is 2.10. The molecule has 28 heavy (non-hydrogen) atoms. The average Bonchev–Trinajstić information content (AvgIpc) is 3.23. The van der Waals surface area contributed by atoms with Crippen LogP contribution in [-0.2, 0) is 4.79 Å². The summed E-state index contributed by atoms with van der Waals surface area (Å²) in [5.41, 5.74) is 0.244. The highest BCUT2D eigenvalue weighted by atomic mass is 32.2. The van der Waals surface area contributed by atoms with E-state index in [0.717, 1.165) is 11.8 Å². The second-order valence-corrected chi connectivity index (χ2v) is 7.28. The number of aromatic nitrogens is 2. The Morgan fingerprint density at radius 2 is 1.96 bits per heavy atom. The molecular weight excluding hydrogens is 402 g/mol. The average molecular weight is 415 g/mol. The molecule has 142 valence electrons. The number of carbonyl (C=O) groups excluding carboxylic acids is 2. The summed E-state index contributed by atoms with van der Waals surface area (Å²) in [5, 5.41) is 26.2. The van der Waals surface area contributed by atoms with Crippen LogP contribution in [-0.4, -0.2) is 32.7 Å². The summed E-state index contributed by atoms with van der Waals surface area (Å²) in [7, 11) is 0. The first-order valence-electron chi connectivity index (χ1n) is 7.87. The molecule has 11 heteroatoms. The molecule has 2 heterocycles. The molecule has 2 amide bonds. The van der Waals surface area contributed by atoms with Crippen LogP contribution in [0, 0.1) is 10.1 Å². The van der Waals surface area contributed by atoms with Crippen LogP contribution >= 0.6 is 23.1 Å². The van der Waals surface area contributed by atoms with Crippen molar-refractivity contribution in [2.45, 2.75) is 5.03 Å². The lowest BCUT2D eigenvalue weighted by Gasteiger charge is -2.05. The Bertz CT molecular complexity index is 993. The number of anilines is 2. The van der Waals surface area contributed by atoms with Gasteiger partial charge in [0.05, 0.1) is 15.6 Å². The molecule has 0 radical (unpaired) electrons. The van der Waals surface area contributed by atoms with E-state index in [9.17, 15) is 19.7 Å². The number of hydrogen-bond acceptors (Lipinski definition) is 8. The van der Waals surface area contributed by atoms with Gasteiger partial charge in [0.2, 0.25) is 5.91 Å². The summed E-state index contributed by atoms with van der Waals surface area (Å²) in [6.07, 6.45) is 0. The van der Waals surface area contributed by atoms with Gasteiger partial charge in [0.25, 0.3) is 11.6 Å². The zero-order chi connectivity index (χ0) is 19.9. The Kier molecular flexibility index (Phi) is 6.29. The zero-order valence-electron chi connectivity index (χ0n) is 14.2. The summed E-state index contributed by atoms with van der Waals surface area (Å²) in [5.74, 6) is -0.231. The quantitative estimate of drug-likeness (QED) is 0.344. The fourth-order valence-electron chi connectivity index (χ4n) is 2.08. The number of amides is 2. The molecule has 0 aliphatic heterocycles. The maximum atomic E-state index is 12.0. The fraction of sp³-hybridized carbons (Fsp3) is 0.0588. The maximum Gasteiger partial charge on any atom is 0.271 e. The zero-order valence-corrected chi connectivity index (χ0v) is 15.8. The predicted octanol–water partition coefficient (Wildman–Crippen LogP) is 3.43. The lowest BCUT2D eigenvalue weighted by atomic mass is 10.3. The number of thioether (sulfide) groups is 1. The van der Waals surface area contributed by atoms with E-state index >= 15 is 0 Å². The molecule has 0 aliphatic rings. The van der Waals surface area contributed by atoms with Gasteiger partial charge in [0.1, 0.15) is 5.03 Å². The van der Waals surface area contributed by atoms with Crippen LogP contribution in [0.25, 0.3) is 0 Å². The van der Waals surface area contributed by atoms with Gasteiger partial charge in [0.15, 0.2) is 5.82 Å². The SMILES string of the molecule is O=C(CSc1ccc(NC(=O)c2cccs2)nn1)Nc1cccc([N+](=O)[O-])c1. The van der Waals surface area contributed by atoms with Crippen molar-refractivity contribution in [1.29, 1.82) is 0 Å². The molecule has 0 bridgehead atoms. The molecule has 0 aliphatic carbocycles. The smallest absolute Gasteiger partial charge is 0.271 e. The topological polar surface area (TPSA) is 127 Å². The maximum absolute atomic E-state index is 12.0. The summed E-state index contributed by atoms with van der Waals surface area (Å²) in [4.78, 5) is 34.7. The van der Waals surface area contributed by atoms with Crippen LogP contribution in [0.3, 0.4) is 0 Å². The van der Waals surface area contributed by atoms with E-state index in [4.69, 9.17) is 0 Å². The number of carbonyl (C=O) groups is 2. The molecule has 3 aromatic rings. The second kappa shape index (κ2) is 9.06. The Labute approximate surface area is 167 Å². The van der Waals surface area contributed by atoms with E-state index in [0.29, 0.717) is 21.4 Å². The van der Waals surface area contributed by atoms with Crippen molar-refractivity contribution in [3.8, 4) is 0 Å². The van der Waals surface area contributed by atoms with E-state index in [1.54, 1.807) is 35.7 Å². The van der Waals surface area contributed by atoms with Gasteiger partial charge < -0.3 is 10.6 Å². The second-order valence-electron chi connectivity index (χ2n) is 5.33. The van der Waals surface area contributed by atoms with Gasteiger partial charge >= 0.3 is 0 Å². The minimum atomic E-state index is -0.529. The molecule has 1 aromatic carbocycles. The Morgan fingerprint density at radius 1 is 1.11 bits per heavy atom. The van der Waals surface area contributed by atoms with Gasteiger partial charge in [-0.25, -0.2) is 0 Å². The number of nitro benzene ring substituents is 1. The van der Waals surface area contributed by atoms with Crippen LogP contribution < -0.4 is 10.6 Å². The minimum Gasteiger partial charge on any atom is -0.325 e. The number of benzene rings is 1. The van der Waals surface area contributed by atoms with Crippen molar-refractivity contribution in [3.05, 3.63) is 68.9 Å². The third kappa shape index (κ3) is 5.34. The number of nitrogens with zero attached hydrogens (tertiary/aromatic N) is 3. The van der Waals surface area contributed by atoms with Crippen molar-refractivity contribution in [2.75, 3.05) is 16.4 Å². The van der Waals surface area contributed by atoms with Crippen molar-refractivity contribution < 1.29 is 14.5 Å². The van der Waals surface area contributed by atoms with Gasteiger partial charge in [-0.3, -0.25) is 19.7 Å². The molecule has 0 saturated carbocycles. The van der Waals surface area contributed by atoms with Gasteiger partial charge in [0, 0.05) is 17.8 Å². The summed E-state index contributed by atoms with van der Waals surface area (Å²) in [6, 6.07) is 12.4. The van der Waals surface area contributed by atoms with Crippen LogP contribution in [0.1, 0.15) is 9.67 Å². The number of hydrogen-bond donors (Lipinski definition) is 2. The molecule has 3 rings (SSSR count). The van der Waals surface area contributed by atoms with Crippen LogP contribution in [0.5, 0.6) is 0 Å². The molecule has 0 fully saturated rings. The van der Waals surface area contributed by atoms with Crippen molar-refractivity contribution >= 4 is 52.1 Å². The summed E-state index contributed by atoms with van der Waals surface area (Å²) in [6.45, 7) is 0. The first-order valence-corrected chi connectivity index (χ1v) is 9.73. The monoisotopic (exact) mass is 415 g/mol. The first-order chi connectivity index (χ1) is 13.5. The molecule has 2 N–H and O–H groups in total. The van der Waals surface area contributed by atoms with Gasteiger partial charge in [-0.2, -0.15) is 0 Å². The lowest BCUT2D eigenvalue weighted by Crippen LogP contribution is -2.14. The summed E-state index contributed by atoms with van der Waals surface area (Å²) >= 11 is 2.48. The standard InChI is InChI=1S/C17H13N5O4S2/c23-15(18-11-3-1-4-12(9-11)22(25)26)10-28-16-7-6-14(20-21-16)19-17(24)13-5-2-8-27-13/h1-9H,10H2,(H,18,23)(H,19,20,24). The van der Waals surface area contributed by atoms with Crippen LogP contribution in [0.15, 0.2) is 58.9 Å². The largest absolute Gasteiger partial charge is 0.325 e. The molecular formula is C17H13N5O4S2. The third-order valence-electron chi connectivity index (χ3n) is 3.32. The number of nitrogens with one attached hydrogen (secondary N) is 2. The van der Waals surface area contributed by atoms with E-state index in [1.807, 2.05) is 0 Å². The highest BCUT2D eigenvalue weighted by Crippen LogP contribution is 2.19. The van der Waals surface area contributed by atoms with E-state index in [-0.39, 0.29) is 23.3 Å². The number of non-ortho nitro benzene ring substituents is 1. The Morgan fingerprint density at radius 3 is 2.64 bits per heavy atom. The normalized spacial score (nSPS) is 10.3. The number of rotatable bonds is 7. The lowest BCUT2D eigenvalue weighted by molar-refractivity contribution is -0.384. The molecule has 0 saturated heterocycles. The first kappa shape index (κ1) is 19.5. The van der Waals surface area contributed by atoms with Gasteiger partial charge in [-0.15, -0.1) is 21.5 Å². The van der Waals surface area contributed by atoms with Crippen LogP contribution in [0.2, 0.25) is 0 Å². The van der Waals surface area contributed by atoms with E-state index in [1.165, 1.54) is 29.5 Å². The Hall–Kier alpha value is -3.31. The van der Waals surface area contributed by atoms with E-state index < -0.39 is 4.92 Å². The Balaban J connectivity index is 1.50. The van der Waals surface area contributed by atoms with Gasteiger partial charge in [-0.1, -0.05) is 23.9 Å². The van der Waals surface area contributed by atoms with Crippen molar-refractivity contribution in [1.82, 2.24) is 10.2 Å². The third-order valence-corrected chi connectivity index (χ3v) is 5.11. The summed E-state index contributed by atoms with van der Waals surface area (Å²) < 4.78 is 0. The molecule has 0 spiro atoms. The van der Waals surface area contributed by atoms with Crippen molar-refractivity contribution in [3.63, 3.8) is 0 Å². The molecule has 2 aromatic heterocycles. The van der Waals surface area contributed by atoms with Gasteiger partial charge in [-0.05, 0) is 29.6 Å². The minimum absolute atomic E-state index is 0.0538. The molecule has 0 atom stereocenters. The number of nitro groups is 1. The predicted molar refractivity (Wildman–Crippen MR) is 107 cm³/mol. The van der Waals surface area contributed by atoms with Crippen molar-refractivity contribution in [2.24, 2.45) is 0 Å². The molecule has 9 nitrogen and oxygen atoms in total. The van der Waals surface area contributed by atoms with E-state index in [2.05, 4.69) is 20.8 Å². The van der Waals surface area contributed by atoms with Crippen LogP contribution in [0.4, 0.5) is 17.2 Å². The highest BCUT2D eigenvalue weighted by molar-refractivity contribution is 7.99. The fourth-order valence-corrected chi connectivity index (χ4v) is 3.32. The number of thiophene rings is 1.